The molecule has 2 fully saturated rings. The molecule has 1 saturated heterocycles. The van der Waals surface area contributed by atoms with Gasteiger partial charge < -0.3 is 14.9 Å². The molecule has 1 amide bonds. The van der Waals surface area contributed by atoms with Gasteiger partial charge in [0.05, 0.1) is 0 Å². The van der Waals surface area contributed by atoms with Crippen molar-refractivity contribution in [1.29, 1.82) is 0 Å². The van der Waals surface area contributed by atoms with E-state index in [0.29, 0.717) is 18.1 Å². The molecule has 3 atom stereocenters. The van der Waals surface area contributed by atoms with Gasteiger partial charge in [-0.15, -0.1) is 0 Å². The zero-order valence-electron chi connectivity index (χ0n) is 20.4. The lowest BCUT2D eigenvalue weighted by atomic mass is 9.58. The van der Waals surface area contributed by atoms with Crippen LogP contribution < -0.4 is 0 Å². The Hall–Kier alpha value is -2.33. The lowest BCUT2D eigenvalue weighted by Gasteiger charge is -2.53. The number of likely N-dealkylation sites (tertiary alicyclic amines) is 1. The van der Waals surface area contributed by atoms with Crippen molar-refractivity contribution in [3.05, 3.63) is 65.7 Å². The van der Waals surface area contributed by atoms with Crippen LogP contribution >= 0.6 is 0 Å². The van der Waals surface area contributed by atoms with Crippen molar-refractivity contribution in [2.75, 3.05) is 27.2 Å². The van der Waals surface area contributed by atoms with Gasteiger partial charge in [0.1, 0.15) is 5.75 Å². The lowest BCUT2D eigenvalue weighted by molar-refractivity contribution is -0.133. The molecule has 1 saturated carbocycles. The van der Waals surface area contributed by atoms with Crippen LogP contribution in [0.4, 0.5) is 0 Å². The van der Waals surface area contributed by atoms with Crippen LogP contribution in [0, 0.1) is 5.92 Å². The topological polar surface area (TPSA) is 43.8 Å². The number of carbonyl (C=O) groups is 1. The van der Waals surface area contributed by atoms with Crippen molar-refractivity contribution in [3.63, 3.8) is 0 Å². The van der Waals surface area contributed by atoms with Gasteiger partial charge in [-0.05, 0) is 87.7 Å². The minimum Gasteiger partial charge on any atom is -0.508 e. The van der Waals surface area contributed by atoms with Crippen LogP contribution in [-0.4, -0.2) is 54.0 Å². The van der Waals surface area contributed by atoms with Crippen LogP contribution in [0.5, 0.6) is 5.75 Å². The van der Waals surface area contributed by atoms with Crippen molar-refractivity contribution in [2.24, 2.45) is 5.92 Å². The minimum absolute atomic E-state index is 0.0540. The number of aryl methyl sites for hydroxylation is 1. The van der Waals surface area contributed by atoms with Crippen LogP contribution in [-0.2, 0) is 16.6 Å². The number of hydrogen-bond donors (Lipinski definition) is 1. The van der Waals surface area contributed by atoms with E-state index in [9.17, 15) is 9.90 Å². The number of amides is 1. The molecule has 33 heavy (non-hydrogen) atoms. The van der Waals surface area contributed by atoms with Crippen LogP contribution in [0.2, 0.25) is 0 Å². The van der Waals surface area contributed by atoms with E-state index in [2.05, 4.69) is 53.2 Å². The number of carbonyl (C=O) groups excluding carboxylic acids is 1. The van der Waals surface area contributed by atoms with Gasteiger partial charge in [0, 0.05) is 31.5 Å². The summed E-state index contributed by atoms with van der Waals surface area (Å²) in [6, 6.07) is 18.8. The summed E-state index contributed by atoms with van der Waals surface area (Å²) in [5, 5.41) is 10.2. The van der Waals surface area contributed by atoms with Gasteiger partial charge in [-0.1, -0.05) is 48.9 Å². The van der Waals surface area contributed by atoms with Crippen LogP contribution in [0.1, 0.15) is 62.5 Å². The number of fused-ring (bicyclic) bond motifs is 1. The van der Waals surface area contributed by atoms with Gasteiger partial charge in [0.2, 0.25) is 5.91 Å². The Morgan fingerprint density at radius 2 is 1.91 bits per heavy atom. The molecule has 2 aromatic carbocycles. The summed E-state index contributed by atoms with van der Waals surface area (Å²) >= 11 is 0. The number of aromatic hydroxyl groups is 1. The van der Waals surface area contributed by atoms with Crippen molar-refractivity contribution >= 4 is 5.91 Å². The van der Waals surface area contributed by atoms with Gasteiger partial charge in [0.25, 0.3) is 0 Å². The summed E-state index contributed by atoms with van der Waals surface area (Å²) in [7, 11) is 4.23. The maximum atomic E-state index is 13.1. The molecule has 1 N–H and O–H groups in total. The number of phenols is 1. The smallest absolute Gasteiger partial charge is 0.222 e. The van der Waals surface area contributed by atoms with E-state index in [0.717, 1.165) is 64.5 Å². The molecule has 0 bridgehead atoms. The molecule has 1 aliphatic carbocycles. The molecule has 3 unspecified atom stereocenters. The number of rotatable bonds is 8. The maximum absolute atomic E-state index is 13.1. The monoisotopic (exact) mass is 448 g/mol. The highest BCUT2D eigenvalue weighted by Gasteiger charge is 2.48. The molecule has 0 aromatic heterocycles. The Balaban J connectivity index is 1.35. The first-order valence-corrected chi connectivity index (χ1v) is 12.8. The molecule has 0 spiro atoms. The molecule has 2 aliphatic rings. The molecule has 1 aliphatic heterocycles. The maximum Gasteiger partial charge on any atom is 0.222 e. The first-order chi connectivity index (χ1) is 16.0. The Labute approximate surface area is 199 Å². The second kappa shape index (κ2) is 10.7. The Morgan fingerprint density at radius 3 is 2.70 bits per heavy atom. The number of benzene rings is 2. The first-order valence-electron chi connectivity index (χ1n) is 12.8. The number of nitrogens with zero attached hydrogens (tertiary/aromatic N) is 2. The van der Waals surface area contributed by atoms with Crippen molar-refractivity contribution < 1.29 is 9.90 Å². The van der Waals surface area contributed by atoms with E-state index < -0.39 is 0 Å². The number of phenolic OH excluding ortho intramolecular Hbond substituents is 1. The normalized spacial score (nSPS) is 25.4. The fraction of sp³-hybridized carbons (Fsp3) is 0.552. The van der Waals surface area contributed by atoms with E-state index in [1.807, 2.05) is 19.2 Å². The highest BCUT2D eigenvalue weighted by molar-refractivity contribution is 5.76. The second-order valence-electron chi connectivity index (χ2n) is 10.4. The number of piperidine rings is 1. The van der Waals surface area contributed by atoms with Gasteiger partial charge in [-0.2, -0.15) is 0 Å². The summed E-state index contributed by atoms with van der Waals surface area (Å²) in [4.78, 5) is 17.6. The van der Waals surface area contributed by atoms with Crippen molar-refractivity contribution in [1.82, 2.24) is 9.80 Å². The highest BCUT2D eigenvalue weighted by Crippen LogP contribution is 2.50. The van der Waals surface area contributed by atoms with Crippen LogP contribution in [0.25, 0.3) is 0 Å². The fourth-order valence-corrected chi connectivity index (χ4v) is 6.24. The summed E-state index contributed by atoms with van der Waals surface area (Å²) in [5.41, 5.74) is 2.69. The van der Waals surface area contributed by atoms with E-state index >= 15 is 0 Å². The highest BCUT2D eigenvalue weighted by atomic mass is 16.3. The summed E-state index contributed by atoms with van der Waals surface area (Å²) in [6.45, 7) is 2.17. The largest absolute Gasteiger partial charge is 0.508 e. The van der Waals surface area contributed by atoms with Gasteiger partial charge in [0.15, 0.2) is 0 Å². The predicted octanol–water partition coefficient (Wildman–Crippen LogP) is 5.40. The Bertz CT molecular complexity index is 915. The minimum atomic E-state index is 0.0540. The van der Waals surface area contributed by atoms with E-state index in [4.69, 9.17) is 0 Å². The standard InChI is InChI=1S/C29H40N2O2/c1-30-19-18-29(24-13-9-14-27(32)20-24)21-26(17-16-25(29)22-30)31(2)28(33)15-8-4-7-12-23-10-5-3-6-11-23/h3,5-6,9-11,13-14,20,25-26,32H,4,7-8,12,15-19,21-22H2,1-2H3. The van der Waals surface area contributed by atoms with Crippen molar-refractivity contribution in [2.45, 2.75) is 69.2 Å². The van der Waals surface area contributed by atoms with E-state index in [-0.39, 0.29) is 17.4 Å². The van der Waals surface area contributed by atoms with Crippen LogP contribution in [0.15, 0.2) is 54.6 Å². The summed E-state index contributed by atoms with van der Waals surface area (Å²) < 4.78 is 0. The third-order valence-electron chi connectivity index (χ3n) is 8.26. The molecule has 4 nitrogen and oxygen atoms in total. The SMILES string of the molecule is CN1CCC2(c3cccc(O)c3)CC(N(C)C(=O)CCCCCc3ccccc3)CCC2C1. The molecule has 0 radical (unpaired) electrons. The third kappa shape index (κ3) is 5.60. The molecular weight excluding hydrogens is 408 g/mol. The molecular formula is C29H40N2O2. The van der Waals surface area contributed by atoms with Gasteiger partial charge in [-0.25, -0.2) is 0 Å². The zero-order chi connectivity index (χ0) is 23.3. The average molecular weight is 449 g/mol. The van der Waals surface area contributed by atoms with Gasteiger partial charge >= 0.3 is 0 Å². The molecule has 1 heterocycles. The van der Waals surface area contributed by atoms with E-state index in [1.54, 1.807) is 6.07 Å². The number of hydrogen-bond acceptors (Lipinski definition) is 3. The lowest BCUT2D eigenvalue weighted by Crippen LogP contribution is -2.55. The molecule has 4 heteroatoms. The first kappa shape index (κ1) is 23.8. The molecule has 4 rings (SSSR count). The van der Waals surface area contributed by atoms with E-state index in [1.165, 1.54) is 11.1 Å². The summed E-state index contributed by atoms with van der Waals surface area (Å²) in [5.74, 6) is 1.22. The Morgan fingerprint density at radius 1 is 1.09 bits per heavy atom. The average Bonchev–Trinajstić information content (AvgIpc) is 2.83. The third-order valence-corrected chi connectivity index (χ3v) is 8.26. The van der Waals surface area contributed by atoms with Crippen molar-refractivity contribution in [3.8, 4) is 5.75 Å². The quantitative estimate of drug-likeness (QED) is 0.550. The zero-order valence-corrected chi connectivity index (χ0v) is 20.4. The van der Waals surface area contributed by atoms with Gasteiger partial charge in [-0.3, -0.25) is 4.79 Å². The summed E-state index contributed by atoms with van der Waals surface area (Å²) in [6.07, 6.45) is 9.26. The fourth-order valence-electron chi connectivity index (χ4n) is 6.24. The second-order valence-corrected chi connectivity index (χ2v) is 10.4. The molecule has 178 valence electrons. The molecule has 2 aromatic rings. The Kier molecular flexibility index (Phi) is 7.75. The number of unbranched alkanes of at least 4 members (excludes halogenated alkanes) is 2. The van der Waals surface area contributed by atoms with Crippen LogP contribution in [0.3, 0.4) is 0 Å². The predicted molar refractivity (Wildman–Crippen MR) is 134 cm³/mol.